The van der Waals surface area contributed by atoms with E-state index in [-0.39, 0.29) is 0 Å². The first kappa shape index (κ1) is 13.5. The molecule has 13 heteroatoms. The van der Waals surface area contributed by atoms with E-state index in [0.29, 0.717) is 6.67 Å². The molecular weight excluding hydrogens is 242 g/mol. The molecule has 0 radical (unpaired) electrons. The highest BCUT2D eigenvalue weighted by atomic mass is 31.3. The van der Waals surface area contributed by atoms with Crippen molar-refractivity contribution in [3.05, 3.63) is 0 Å². The van der Waals surface area contributed by atoms with Gasteiger partial charge < -0.3 is 19.6 Å². The zero-order chi connectivity index (χ0) is 11.2. The Kier molecular flexibility index (Phi) is 5.16. The first-order chi connectivity index (χ1) is 6.21. The predicted molar refractivity (Wildman–Crippen MR) is 39.8 cm³/mol. The van der Waals surface area contributed by atoms with Crippen molar-refractivity contribution in [3.8, 4) is 0 Å². The molecule has 1 aliphatic rings. The summed E-state index contributed by atoms with van der Waals surface area (Å²) >= 11 is 0. The molecule has 0 unspecified atom stereocenters. The van der Waals surface area contributed by atoms with Gasteiger partial charge in [0.25, 0.3) is 0 Å². The molecule has 0 aliphatic carbocycles. The maximum absolute atomic E-state index is 9.63. The van der Waals surface area contributed by atoms with Gasteiger partial charge in [-0.2, -0.15) is 4.31 Å². The zero-order valence-electron chi connectivity index (χ0n) is 6.40. The Morgan fingerprint density at radius 2 is 1.29 bits per heavy atom. The minimum Gasteiger partial charge on any atom is -0.302 e. The van der Waals surface area contributed by atoms with Gasteiger partial charge in [0.15, 0.2) is 6.67 Å². The summed E-state index contributed by atoms with van der Waals surface area (Å²) in [5, 5.41) is 13.1. The predicted octanol–water partition coefficient (Wildman–Crippen LogP) is -0.0347. The molecule has 0 atom stereocenters. The van der Waals surface area contributed by atoms with Crippen molar-refractivity contribution in [2.24, 2.45) is 20.7 Å². The largest absolute Gasteiger partial charge is 0.478 e. The van der Waals surface area contributed by atoms with Gasteiger partial charge >= 0.3 is 15.6 Å². The molecule has 0 aromatic carbocycles. The molecule has 0 spiro atoms. The summed E-state index contributed by atoms with van der Waals surface area (Å²) in [6, 6.07) is 0. The fraction of sp³-hybridized carbons (Fsp3) is 1.00. The van der Waals surface area contributed by atoms with Crippen LogP contribution in [0.5, 0.6) is 0 Å². The quantitative estimate of drug-likeness (QED) is 0.495. The van der Waals surface area contributed by atoms with E-state index in [1.807, 2.05) is 0 Å². The maximum atomic E-state index is 9.63. The standard InChI is InChI=1S/CH2N4.H4O7P2/c1-2-4-5-3-1;1-8(2,3)7-9(4,5)6/h1H2;(H2,1,2,3)(H2,4,5,6). The van der Waals surface area contributed by atoms with Gasteiger partial charge in [0.1, 0.15) is 0 Å². The number of hydrogen-bond acceptors (Lipinski definition) is 7. The average Bonchev–Trinajstić information content (AvgIpc) is 2.29. The van der Waals surface area contributed by atoms with Crippen LogP contribution in [0.1, 0.15) is 0 Å². The average molecular weight is 248 g/mol. The Morgan fingerprint density at radius 1 is 0.929 bits per heavy atom. The SMILES string of the molecule is C1N=NN=N1.O=P(O)(O)OP(=O)(O)O. The van der Waals surface area contributed by atoms with Crippen molar-refractivity contribution in [1.82, 2.24) is 0 Å². The van der Waals surface area contributed by atoms with Crippen LogP contribution in [0.3, 0.4) is 0 Å². The van der Waals surface area contributed by atoms with Crippen molar-refractivity contribution in [2.45, 2.75) is 0 Å². The number of rotatable bonds is 2. The van der Waals surface area contributed by atoms with Crippen LogP contribution in [-0.4, -0.2) is 26.2 Å². The minimum absolute atomic E-state index is 0.417. The molecule has 4 N–H and O–H groups in total. The van der Waals surface area contributed by atoms with Gasteiger partial charge in [-0.25, -0.2) is 9.13 Å². The van der Waals surface area contributed by atoms with Crippen LogP contribution in [-0.2, 0) is 13.4 Å². The lowest BCUT2D eigenvalue weighted by atomic mass is 11.2. The van der Waals surface area contributed by atoms with Crippen LogP contribution in [0.2, 0.25) is 0 Å². The Hall–Kier alpha value is -0.540. The van der Waals surface area contributed by atoms with Gasteiger partial charge in [-0.15, -0.1) is 10.2 Å². The highest BCUT2D eigenvalue weighted by molar-refractivity contribution is 7.60. The molecular formula is CH6N4O7P2. The van der Waals surface area contributed by atoms with Crippen molar-refractivity contribution >= 4 is 15.6 Å². The Morgan fingerprint density at radius 3 is 1.36 bits per heavy atom. The topological polar surface area (TPSA) is 174 Å². The fourth-order valence-corrected chi connectivity index (χ4v) is 1.39. The molecule has 0 saturated carbocycles. The third-order valence-electron chi connectivity index (χ3n) is 0.506. The van der Waals surface area contributed by atoms with Gasteiger partial charge in [-0.1, -0.05) is 0 Å². The van der Waals surface area contributed by atoms with Gasteiger partial charge in [0.2, 0.25) is 0 Å². The van der Waals surface area contributed by atoms with Gasteiger partial charge in [-0.3, -0.25) is 0 Å². The number of hydrogen-bond donors (Lipinski definition) is 4. The normalized spacial score (nSPS) is 15.1. The van der Waals surface area contributed by atoms with Crippen LogP contribution < -0.4 is 0 Å². The van der Waals surface area contributed by atoms with Crippen LogP contribution in [0.4, 0.5) is 0 Å². The first-order valence-electron chi connectivity index (χ1n) is 2.76. The van der Waals surface area contributed by atoms with E-state index in [0.717, 1.165) is 0 Å². The van der Waals surface area contributed by atoms with E-state index in [1.54, 1.807) is 0 Å². The van der Waals surface area contributed by atoms with E-state index in [2.05, 4.69) is 25.0 Å². The number of nitrogens with zero attached hydrogens (tertiary/aromatic N) is 4. The highest BCUT2D eigenvalue weighted by Gasteiger charge is 2.27. The van der Waals surface area contributed by atoms with Gasteiger partial charge in [0, 0.05) is 0 Å². The smallest absolute Gasteiger partial charge is 0.302 e. The fourth-order valence-electron chi connectivity index (χ4n) is 0.280. The van der Waals surface area contributed by atoms with Crippen LogP contribution in [0, 0.1) is 0 Å². The number of phosphoric acid groups is 2. The van der Waals surface area contributed by atoms with Crippen molar-refractivity contribution in [2.75, 3.05) is 6.67 Å². The third kappa shape index (κ3) is 11.5. The molecule has 82 valence electrons. The maximum Gasteiger partial charge on any atom is 0.478 e. The van der Waals surface area contributed by atoms with Crippen molar-refractivity contribution in [1.29, 1.82) is 0 Å². The summed E-state index contributed by atoms with van der Waals surface area (Å²) in [6.07, 6.45) is 0. The molecule has 0 fully saturated rings. The second kappa shape index (κ2) is 5.37. The Bertz CT molecular complexity index is 282. The van der Waals surface area contributed by atoms with Crippen LogP contribution >= 0.6 is 15.6 Å². The van der Waals surface area contributed by atoms with Crippen LogP contribution in [0.15, 0.2) is 20.7 Å². The second-order valence-electron chi connectivity index (χ2n) is 1.67. The molecule has 0 amide bonds. The minimum atomic E-state index is -5.05. The molecule has 1 aliphatic heterocycles. The summed E-state index contributed by atoms with van der Waals surface area (Å²) in [5.74, 6) is 0. The molecule has 1 heterocycles. The van der Waals surface area contributed by atoms with Crippen LogP contribution in [0.25, 0.3) is 0 Å². The summed E-state index contributed by atoms with van der Waals surface area (Å²) < 4.78 is 22.2. The zero-order valence-corrected chi connectivity index (χ0v) is 8.19. The molecule has 0 aromatic rings. The highest BCUT2D eigenvalue weighted by Crippen LogP contribution is 2.53. The first-order valence-corrected chi connectivity index (χ1v) is 5.82. The van der Waals surface area contributed by atoms with Crippen molar-refractivity contribution < 1.29 is 33.0 Å². The van der Waals surface area contributed by atoms with E-state index in [9.17, 15) is 9.13 Å². The molecule has 1 rings (SSSR count). The molecule has 14 heavy (non-hydrogen) atoms. The van der Waals surface area contributed by atoms with E-state index >= 15 is 0 Å². The third-order valence-corrected chi connectivity index (χ3v) is 2.21. The molecule has 0 aromatic heterocycles. The molecule has 0 saturated heterocycles. The summed E-state index contributed by atoms with van der Waals surface area (Å²) in [5.41, 5.74) is 0. The summed E-state index contributed by atoms with van der Waals surface area (Å²) in [7, 11) is -10.1. The van der Waals surface area contributed by atoms with E-state index in [4.69, 9.17) is 19.6 Å². The Balaban J connectivity index is 0.000000280. The molecule has 0 bridgehead atoms. The van der Waals surface area contributed by atoms with Gasteiger partial charge in [0.05, 0.1) is 0 Å². The van der Waals surface area contributed by atoms with E-state index in [1.165, 1.54) is 0 Å². The van der Waals surface area contributed by atoms with E-state index < -0.39 is 15.6 Å². The van der Waals surface area contributed by atoms with Crippen molar-refractivity contribution in [3.63, 3.8) is 0 Å². The van der Waals surface area contributed by atoms with Gasteiger partial charge in [-0.05, 0) is 10.4 Å². The summed E-state index contributed by atoms with van der Waals surface area (Å²) in [4.78, 5) is 31.0. The Labute approximate surface area is 77.0 Å². The summed E-state index contributed by atoms with van der Waals surface area (Å²) in [6.45, 7) is 0.417. The monoisotopic (exact) mass is 248 g/mol. The lowest BCUT2D eigenvalue weighted by molar-refractivity contribution is 0.225. The lowest BCUT2D eigenvalue weighted by Crippen LogP contribution is -1.84. The molecule has 11 nitrogen and oxygen atoms in total. The lowest BCUT2D eigenvalue weighted by Gasteiger charge is -2.03. The second-order valence-corrected chi connectivity index (χ2v) is 4.28.